The minimum absolute atomic E-state index is 0.0693. The van der Waals surface area contributed by atoms with Crippen molar-refractivity contribution >= 4 is 10.0 Å². The van der Waals surface area contributed by atoms with Gasteiger partial charge >= 0.3 is 0 Å². The zero-order chi connectivity index (χ0) is 19.3. The molecule has 2 aromatic heterocycles. The molecule has 27 heavy (non-hydrogen) atoms. The van der Waals surface area contributed by atoms with E-state index in [0.29, 0.717) is 23.1 Å². The molecule has 1 N–H and O–H groups in total. The average Bonchev–Trinajstić information content (AvgIpc) is 3.17. The van der Waals surface area contributed by atoms with Crippen molar-refractivity contribution in [3.63, 3.8) is 0 Å². The Kier molecular flexibility index (Phi) is 5.67. The Hall–Kier alpha value is -2.98. The van der Waals surface area contributed by atoms with Crippen LogP contribution in [0.2, 0.25) is 0 Å². The van der Waals surface area contributed by atoms with Crippen molar-refractivity contribution in [2.45, 2.75) is 11.3 Å². The first-order chi connectivity index (χ1) is 13.0. The normalized spacial score (nSPS) is 11.3. The predicted octanol–water partition coefficient (Wildman–Crippen LogP) is 1.67. The molecule has 3 rings (SSSR count). The van der Waals surface area contributed by atoms with E-state index in [1.54, 1.807) is 18.3 Å². The lowest BCUT2D eigenvalue weighted by molar-refractivity contribution is 0.354. The summed E-state index contributed by atoms with van der Waals surface area (Å²) in [5, 5.41) is 7.82. The molecule has 0 aliphatic rings. The van der Waals surface area contributed by atoms with Gasteiger partial charge in [0.15, 0.2) is 11.5 Å². The summed E-state index contributed by atoms with van der Waals surface area (Å²) in [5.41, 5.74) is 0.558. The molecular formula is C17H18N4O5S. The third kappa shape index (κ3) is 4.41. The Morgan fingerprint density at radius 3 is 2.59 bits per heavy atom. The number of pyridine rings is 1. The number of methoxy groups -OCH3 is 2. The van der Waals surface area contributed by atoms with E-state index in [9.17, 15) is 8.42 Å². The average molecular weight is 390 g/mol. The fraction of sp³-hybridized carbons (Fsp3) is 0.235. The molecule has 3 aromatic rings. The minimum atomic E-state index is -3.72. The summed E-state index contributed by atoms with van der Waals surface area (Å²) in [7, 11) is -0.800. The fourth-order valence-electron chi connectivity index (χ4n) is 2.31. The van der Waals surface area contributed by atoms with Gasteiger partial charge in [-0.15, -0.1) is 10.2 Å². The molecule has 0 atom stereocenters. The Balaban J connectivity index is 1.64. The highest BCUT2D eigenvalue weighted by Gasteiger charge is 2.17. The number of hydrogen-bond donors (Lipinski definition) is 1. The van der Waals surface area contributed by atoms with Crippen LogP contribution in [-0.2, 0) is 16.4 Å². The third-order valence-corrected chi connectivity index (χ3v) is 5.11. The van der Waals surface area contributed by atoms with E-state index in [1.807, 2.05) is 6.07 Å². The maximum atomic E-state index is 12.4. The molecule has 1 aromatic carbocycles. The van der Waals surface area contributed by atoms with Gasteiger partial charge in [-0.05, 0) is 24.3 Å². The number of nitrogens with one attached hydrogen (secondary N) is 1. The van der Waals surface area contributed by atoms with Gasteiger partial charge in [-0.3, -0.25) is 4.98 Å². The molecule has 9 nitrogen and oxygen atoms in total. The van der Waals surface area contributed by atoms with Crippen molar-refractivity contribution in [2.75, 3.05) is 20.8 Å². The van der Waals surface area contributed by atoms with Crippen molar-refractivity contribution in [1.82, 2.24) is 19.9 Å². The van der Waals surface area contributed by atoms with Crippen LogP contribution in [0.3, 0.4) is 0 Å². The van der Waals surface area contributed by atoms with E-state index < -0.39 is 10.0 Å². The Morgan fingerprint density at radius 1 is 1.07 bits per heavy atom. The van der Waals surface area contributed by atoms with Crippen LogP contribution in [-0.4, -0.2) is 44.4 Å². The van der Waals surface area contributed by atoms with E-state index >= 15 is 0 Å². The second-order valence-corrected chi connectivity index (χ2v) is 7.15. The molecule has 0 aliphatic carbocycles. The second kappa shape index (κ2) is 8.14. The molecule has 0 spiro atoms. The first-order valence-corrected chi connectivity index (χ1v) is 9.47. The number of benzene rings is 1. The molecule has 0 saturated heterocycles. The van der Waals surface area contributed by atoms with Gasteiger partial charge in [0.25, 0.3) is 5.89 Å². The van der Waals surface area contributed by atoms with Gasteiger partial charge in [-0.25, -0.2) is 13.1 Å². The molecule has 142 valence electrons. The molecule has 0 bridgehead atoms. The Labute approximate surface area is 156 Å². The monoisotopic (exact) mass is 390 g/mol. The number of aromatic nitrogens is 3. The molecule has 0 radical (unpaired) electrons. The van der Waals surface area contributed by atoms with Gasteiger partial charge in [-0.1, -0.05) is 6.07 Å². The standard InChI is InChI=1S/C17H18N4O5S/c1-24-14-7-6-12(11-15(14)25-2)27(22,23)19-10-8-16-20-21-17(26-16)13-5-3-4-9-18-13/h3-7,9,11,19H,8,10H2,1-2H3. The summed E-state index contributed by atoms with van der Waals surface area (Å²) in [6.07, 6.45) is 1.86. The van der Waals surface area contributed by atoms with E-state index in [1.165, 1.54) is 32.4 Å². The van der Waals surface area contributed by atoms with Crippen LogP contribution in [0, 0.1) is 0 Å². The van der Waals surface area contributed by atoms with Crippen molar-refractivity contribution in [3.05, 3.63) is 48.5 Å². The molecule has 0 fully saturated rings. The van der Waals surface area contributed by atoms with Crippen LogP contribution in [0.15, 0.2) is 51.9 Å². The van der Waals surface area contributed by atoms with E-state index in [2.05, 4.69) is 19.9 Å². The van der Waals surface area contributed by atoms with Gasteiger partial charge in [-0.2, -0.15) is 0 Å². The van der Waals surface area contributed by atoms with Crippen LogP contribution >= 0.6 is 0 Å². The van der Waals surface area contributed by atoms with Crippen LogP contribution in [0.4, 0.5) is 0 Å². The third-order valence-electron chi connectivity index (χ3n) is 3.65. The number of rotatable bonds is 8. The molecule has 2 heterocycles. The molecule has 10 heteroatoms. The summed E-state index contributed by atoms with van der Waals surface area (Å²) >= 11 is 0. The van der Waals surface area contributed by atoms with E-state index in [0.717, 1.165) is 0 Å². The summed E-state index contributed by atoms with van der Waals surface area (Å²) < 4.78 is 43.1. The molecule has 0 saturated carbocycles. The summed E-state index contributed by atoms with van der Waals surface area (Å²) in [6.45, 7) is 0.0977. The van der Waals surface area contributed by atoms with Crippen molar-refractivity contribution in [2.24, 2.45) is 0 Å². The summed E-state index contributed by atoms with van der Waals surface area (Å²) in [5.74, 6) is 1.38. The molecule has 0 amide bonds. The zero-order valence-electron chi connectivity index (χ0n) is 14.7. The fourth-order valence-corrected chi connectivity index (χ4v) is 3.35. The predicted molar refractivity (Wildman–Crippen MR) is 96.0 cm³/mol. The summed E-state index contributed by atoms with van der Waals surface area (Å²) in [6, 6.07) is 9.71. The largest absolute Gasteiger partial charge is 0.493 e. The van der Waals surface area contributed by atoms with Gasteiger partial charge in [0, 0.05) is 25.2 Å². The lowest BCUT2D eigenvalue weighted by Gasteiger charge is -2.10. The first-order valence-electron chi connectivity index (χ1n) is 7.99. The topological polar surface area (TPSA) is 116 Å². The van der Waals surface area contributed by atoms with E-state index in [4.69, 9.17) is 13.9 Å². The van der Waals surface area contributed by atoms with Crippen molar-refractivity contribution < 1.29 is 22.3 Å². The Morgan fingerprint density at radius 2 is 1.89 bits per heavy atom. The van der Waals surface area contributed by atoms with Crippen LogP contribution in [0.1, 0.15) is 5.89 Å². The lowest BCUT2D eigenvalue weighted by Crippen LogP contribution is -2.26. The molecule has 0 aliphatic heterocycles. The maximum absolute atomic E-state index is 12.4. The highest BCUT2D eigenvalue weighted by atomic mass is 32.2. The highest BCUT2D eigenvalue weighted by Crippen LogP contribution is 2.29. The number of sulfonamides is 1. The number of hydrogen-bond acceptors (Lipinski definition) is 8. The van der Waals surface area contributed by atoms with Crippen molar-refractivity contribution in [1.29, 1.82) is 0 Å². The lowest BCUT2D eigenvalue weighted by atomic mass is 10.3. The number of nitrogens with zero attached hydrogens (tertiary/aromatic N) is 3. The minimum Gasteiger partial charge on any atom is -0.493 e. The number of ether oxygens (including phenoxy) is 2. The van der Waals surface area contributed by atoms with Gasteiger partial charge < -0.3 is 13.9 Å². The Bertz CT molecular complexity index is 1010. The second-order valence-electron chi connectivity index (χ2n) is 5.38. The highest BCUT2D eigenvalue weighted by molar-refractivity contribution is 7.89. The molecule has 0 unspecified atom stereocenters. The van der Waals surface area contributed by atoms with Gasteiger partial charge in [0.05, 0.1) is 19.1 Å². The van der Waals surface area contributed by atoms with Crippen molar-refractivity contribution in [3.8, 4) is 23.1 Å². The van der Waals surface area contributed by atoms with Crippen LogP contribution in [0.25, 0.3) is 11.6 Å². The smallest absolute Gasteiger partial charge is 0.266 e. The van der Waals surface area contributed by atoms with Gasteiger partial charge in [0.2, 0.25) is 15.9 Å². The maximum Gasteiger partial charge on any atom is 0.266 e. The zero-order valence-corrected chi connectivity index (χ0v) is 15.6. The van der Waals surface area contributed by atoms with E-state index in [-0.39, 0.29) is 23.8 Å². The van der Waals surface area contributed by atoms with Gasteiger partial charge in [0.1, 0.15) is 5.69 Å². The van der Waals surface area contributed by atoms with Crippen LogP contribution < -0.4 is 14.2 Å². The first kappa shape index (κ1) is 18.8. The SMILES string of the molecule is COc1ccc(S(=O)(=O)NCCc2nnc(-c3ccccn3)o2)cc1OC. The quantitative estimate of drug-likeness (QED) is 0.617. The molecular weight excluding hydrogens is 372 g/mol. The summed E-state index contributed by atoms with van der Waals surface area (Å²) in [4.78, 5) is 4.19. The van der Waals surface area contributed by atoms with Crippen LogP contribution in [0.5, 0.6) is 11.5 Å².